The summed E-state index contributed by atoms with van der Waals surface area (Å²) >= 11 is 5.98. The Morgan fingerprint density at radius 3 is 2.87 bits per heavy atom. The standard InChI is InChI=1S/C16H15ClFN3O2/c1-21(8-10-11(17)3-2-4-12(10)18)16(23)13-7-14(22)20-15(19-13)9-5-6-9/h2-4,7,9H,5-6,8H2,1H3,(H,19,20,22). The quantitative estimate of drug-likeness (QED) is 0.934. The molecular weight excluding hydrogens is 321 g/mol. The Bertz CT molecular complexity index is 797. The Kier molecular flexibility index (Phi) is 4.17. The number of aromatic amines is 1. The molecular formula is C16H15ClFN3O2. The zero-order valence-electron chi connectivity index (χ0n) is 12.5. The molecule has 0 radical (unpaired) electrons. The number of H-pyrrole nitrogens is 1. The molecule has 0 atom stereocenters. The molecule has 0 unspecified atom stereocenters. The van der Waals surface area contributed by atoms with Crippen molar-refractivity contribution in [2.75, 3.05) is 7.05 Å². The van der Waals surface area contributed by atoms with E-state index in [0.29, 0.717) is 5.82 Å². The van der Waals surface area contributed by atoms with Gasteiger partial charge in [-0.1, -0.05) is 17.7 Å². The highest BCUT2D eigenvalue weighted by molar-refractivity contribution is 6.31. The topological polar surface area (TPSA) is 66.1 Å². The third kappa shape index (κ3) is 3.42. The Hall–Kier alpha value is -2.21. The first-order valence-electron chi connectivity index (χ1n) is 7.25. The smallest absolute Gasteiger partial charge is 0.272 e. The van der Waals surface area contributed by atoms with Crippen LogP contribution < -0.4 is 5.56 Å². The van der Waals surface area contributed by atoms with E-state index in [0.717, 1.165) is 18.9 Å². The minimum Gasteiger partial charge on any atom is -0.336 e. The number of amides is 1. The lowest BCUT2D eigenvalue weighted by Crippen LogP contribution is -2.29. The summed E-state index contributed by atoms with van der Waals surface area (Å²) in [6.45, 7) is -0.00240. The third-order valence-electron chi connectivity index (χ3n) is 3.75. The van der Waals surface area contributed by atoms with E-state index in [4.69, 9.17) is 11.6 Å². The van der Waals surface area contributed by atoms with Crippen LogP contribution in [0.2, 0.25) is 5.02 Å². The van der Waals surface area contributed by atoms with Crippen LogP contribution in [0.1, 0.15) is 40.6 Å². The van der Waals surface area contributed by atoms with E-state index in [9.17, 15) is 14.0 Å². The molecule has 2 aromatic rings. The van der Waals surface area contributed by atoms with Crippen LogP contribution in [0.5, 0.6) is 0 Å². The van der Waals surface area contributed by atoms with Gasteiger partial charge in [-0.05, 0) is 25.0 Å². The molecule has 1 aromatic heterocycles. The number of hydrogen-bond acceptors (Lipinski definition) is 3. The number of nitrogens with zero attached hydrogens (tertiary/aromatic N) is 2. The van der Waals surface area contributed by atoms with Crippen LogP contribution >= 0.6 is 11.6 Å². The fourth-order valence-corrected chi connectivity index (χ4v) is 2.55. The van der Waals surface area contributed by atoms with E-state index in [1.165, 1.54) is 24.1 Å². The average molecular weight is 336 g/mol. The van der Waals surface area contributed by atoms with Crippen molar-refractivity contribution >= 4 is 17.5 Å². The zero-order chi connectivity index (χ0) is 16.6. The summed E-state index contributed by atoms with van der Waals surface area (Å²) in [4.78, 5) is 32.3. The van der Waals surface area contributed by atoms with Gasteiger partial charge in [0.05, 0.1) is 6.54 Å². The maximum Gasteiger partial charge on any atom is 0.272 e. The van der Waals surface area contributed by atoms with Gasteiger partial charge in [-0.15, -0.1) is 0 Å². The van der Waals surface area contributed by atoms with Crippen molar-refractivity contribution in [3.63, 3.8) is 0 Å². The Labute approximate surface area is 137 Å². The predicted octanol–water partition coefficient (Wildman–Crippen LogP) is 2.71. The summed E-state index contributed by atoms with van der Waals surface area (Å²) < 4.78 is 13.8. The van der Waals surface area contributed by atoms with Gasteiger partial charge < -0.3 is 9.88 Å². The molecule has 1 saturated carbocycles. The lowest BCUT2D eigenvalue weighted by Gasteiger charge is -2.18. The number of carbonyl (C=O) groups is 1. The van der Waals surface area contributed by atoms with Crippen LogP contribution in [-0.2, 0) is 6.54 Å². The third-order valence-corrected chi connectivity index (χ3v) is 4.10. The number of carbonyl (C=O) groups excluding carboxylic acids is 1. The number of halogens is 2. The number of hydrogen-bond donors (Lipinski definition) is 1. The number of rotatable bonds is 4. The van der Waals surface area contributed by atoms with Crippen LogP contribution in [0.4, 0.5) is 4.39 Å². The second-order valence-corrected chi connectivity index (χ2v) is 6.06. The molecule has 5 nitrogen and oxygen atoms in total. The van der Waals surface area contributed by atoms with Gasteiger partial charge in [0.25, 0.3) is 11.5 Å². The number of aromatic nitrogens is 2. The van der Waals surface area contributed by atoms with Crippen molar-refractivity contribution in [2.24, 2.45) is 0 Å². The van der Waals surface area contributed by atoms with E-state index in [2.05, 4.69) is 9.97 Å². The minimum atomic E-state index is -0.477. The number of benzene rings is 1. The van der Waals surface area contributed by atoms with E-state index < -0.39 is 11.7 Å². The second-order valence-electron chi connectivity index (χ2n) is 5.65. The molecule has 1 fully saturated rings. The van der Waals surface area contributed by atoms with Crippen LogP contribution in [0, 0.1) is 5.82 Å². The van der Waals surface area contributed by atoms with Crippen molar-refractivity contribution in [1.29, 1.82) is 0 Å². The lowest BCUT2D eigenvalue weighted by atomic mass is 10.2. The monoisotopic (exact) mass is 335 g/mol. The van der Waals surface area contributed by atoms with Gasteiger partial charge in [-0.2, -0.15) is 0 Å². The highest BCUT2D eigenvalue weighted by atomic mass is 35.5. The molecule has 1 amide bonds. The second kappa shape index (κ2) is 6.12. The summed E-state index contributed by atoms with van der Waals surface area (Å²) in [5, 5.41) is 0.252. The van der Waals surface area contributed by atoms with Gasteiger partial charge in [0.2, 0.25) is 0 Å². The average Bonchev–Trinajstić information content (AvgIpc) is 3.34. The van der Waals surface area contributed by atoms with Gasteiger partial charge in [0.1, 0.15) is 17.3 Å². The fourth-order valence-electron chi connectivity index (χ4n) is 2.32. The van der Waals surface area contributed by atoms with Crippen LogP contribution in [0.25, 0.3) is 0 Å². The zero-order valence-corrected chi connectivity index (χ0v) is 13.2. The van der Waals surface area contributed by atoms with Crippen molar-refractivity contribution < 1.29 is 9.18 Å². The van der Waals surface area contributed by atoms with Gasteiger partial charge in [-0.3, -0.25) is 9.59 Å². The molecule has 0 saturated heterocycles. The lowest BCUT2D eigenvalue weighted by molar-refractivity contribution is 0.0777. The minimum absolute atomic E-state index is 0.00240. The summed E-state index contributed by atoms with van der Waals surface area (Å²) in [7, 11) is 1.52. The Morgan fingerprint density at radius 2 is 2.22 bits per heavy atom. The van der Waals surface area contributed by atoms with Gasteiger partial charge in [-0.25, -0.2) is 9.37 Å². The summed E-state index contributed by atoms with van der Waals surface area (Å²) in [5.41, 5.74) is -0.0644. The summed E-state index contributed by atoms with van der Waals surface area (Å²) in [6.07, 6.45) is 1.92. The highest BCUT2D eigenvalue weighted by Gasteiger charge is 2.27. The first-order valence-corrected chi connectivity index (χ1v) is 7.63. The molecule has 1 N–H and O–H groups in total. The van der Waals surface area contributed by atoms with E-state index >= 15 is 0 Å². The van der Waals surface area contributed by atoms with Gasteiger partial charge >= 0.3 is 0 Å². The summed E-state index contributed by atoms with van der Waals surface area (Å²) in [5.74, 6) is -0.160. The normalized spacial score (nSPS) is 13.9. The molecule has 0 spiro atoms. The molecule has 0 bridgehead atoms. The molecule has 0 aliphatic heterocycles. The maximum atomic E-state index is 13.8. The Morgan fingerprint density at radius 1 is 1.48 bits per heavy atom. The predicted molar refractivity (Wildman–Crippen MR) is 84.0 cm³/mol. The first-order chi connectivity index (χ1) is 11.0. The molecule has 1 heterocycles. The van der Waals surface area contributed by atoms with Crippen molar-refractivity contribution in [1.82, 2.24) is 14.9 Å². The maximum absolute atomic E-state index is 13.8. The molecule has 1 aliphatic rings. The van der Waals surface area contributed by atoms with Crippen LogP contribution in [0.3, 0.4) is 0 Å². The van der Waals surface area contributed by atoms with Crippen LogP contribution in [-0.4, -0.2) is 27.8 Å². The molecule has 120 valence electrons. The van der Waals surface area contributed by atoms with E-state index in [1.54, 1.807) is 6.07 Å². The van der Waals surface area contributed by atoms with Gasteiger partial charge in [0.15, 0.2) is 0 Å². The number of nitrogens with one attached hydrogen (secondary N) is 1. The van der Waals surface area contributed by atoms with Crippen molar-refractivity contribution in [2.45, 2.75) is 25.3 Å². The van der Waals surface area contributed by atoms with Crippen molar-refractivity contribution in [3.8, 4) is 0 Å². The highest BCUT2D eigenvalue weighted by Crippen LogP contribution is 2.37. The summed E-state index contributed by atoms with van der Waals surface area (Å²) in [6, 6.07) is 5.52. The molecule has 1 aliphatic carbocycles. The molecule has 23 heavy (non-hydrogen) atoms. The van der Waals surface area contributed by atoms with Crippen molar-refractivity contribution in [3.05, 3.63) is 62.5 Å². The van der Waals surface area contributed by atoms with Gasteiger partial charge in [0, 0.05) is 29.6 Å². The molecule has 7 heteroatoms. The van der Waals surface area contributed by atoms with E-state index in [-0.39, 0.29) is 34.3 Å². The molecule has 1 aromatic carbocycles. The van der Waals surface area contributed by atoms with E-state index in [1.807, 2.05) is 0 Å². The fraction of sp³-hybridized carbons (Fsp3) is 0.312. The van der Waals surface area contributed by atoms with Crippen LogP contribution in [0.15, 0.2) is 29.1 Å². The largest absolute Gasteiger partial charge is 0.336 e. The SMILES string of the molecule is CN(Cc1c(F)cccc1Cl)C(=O)c1cc(=O)[nH]c(C2CC2)n1. The Balaban J connectivity index is 1.84. The molecule has 3 rings (SSSR count). The first kappa shape index (κ1) is 15.7.